The number of anilines is 1. The van der Waals surface area contributed by atoms with Gasteiger partial charge in [-0.15, -0.1) is 0 Å². The zero-order chi connectivity index (χ0) is 21.8. The summed E-state index contributed by atoms with van der Waals surface area (Å²) in [7, 11) is 0. The lowest BCUT2D eigenvalue weighted by atomic mass is 10.1. The summed E-state index contributed by atoms with van der Waals surface area (Å²) in [5, 5.41) is 14.6. The number of hydrogen-bond donors (Lipinski definition) is 1. The van der Waals surface area contributed by atoms with Crippen molar-refractivity contribution in [2.45, 2.75) is 13.5 Å². The predicted molar refractivity (Wildman–Crippen MR) is 119 cm³/mol. The summed E-state index contributed by atoms with van der Waals surface area (Å²) >= 11 is 0. The van der Waals surface area contributed by atoms with Crippen LogP contribution in [0.4, 0.5) is 5.69 Å². The summed E-state index contributed by atoms with van der Waals surface area (Å²) in [6.45, 7) is 2.26. The van der Waals surface area contributed by atoms with Crippen molar-refractivity contribution in [3.8, 4) is 5.75 Å². The van der Waals surface area contributed by atoms with Gasteiger partial charge in [0.2, 0.25) is 0 Å². The van der Waals surface area contributed by atoms with Gasteiger partial charge in [-0.25, -0.2) is 4.79 Å². The molecule has 0 bridgehead atoms. The molecule has 3 aromatic carbocycles. The maximum atomic E-state index is 12.9. The average molecular weight is 412 g/mol. The SMILES string of the molecule is CC1=NN(c2ccc(C(=O)O)cc2)C(=O)/C1=C/c1ccc(OCc2ccccc2)cc1. The predicted octanol–water partition coefficient (Wildman–Crippen LogP) is 4.77. The highest BCUT2D eigenvalue weighted by Crippen LogP contribution is 2.26. The largest absolute Gasteiger partial charge is 0.489 e. The Morgan fingerprint density at radius 2 is 1.68 bits per heavy atom. The fraction of sp³-hybridized carbons (Fsp3) is 0.0800. The van der Waals surface area contributed by atoms with Gasteiger partial charge in [-0.2, -0.15) is 10.1 Å². The average Bonchev–Trinajstić information content (AvgIpc) is 3.07. The van der Waals surface area contributed by atoms with E-state index < -0.39 is 5.97 Å². The minimum absolute atomic E-state index is 0.154. The van der Waals surface area contributed by atoms with Gasteiger partial charge in [0.05, 0.1) is 22.5 Å². The van der Waals surface area contributed by atoms with Crippen LogP contribution in [0.15, 0.2) is 89.5 Å². The topological polar surface area (TPSA) is 79.2 Å². The Morgan fingerprint density at radius 3 is 2.32 bits per heavy atom. The monoisotopic (exact) mass is 412 g/mol. The molecule has 0 aliphatic carbocycles. The third-order valence-corrected chi connectivity index (χ3v) is 4.86. The summed E-state index contributed by atoms with van der Waals surface area (Å²) in [5.74, 6) is -0.532. The van der Waals surface area contributed by atoms with Crippen LogP contribution in [-0.2, 0) is 11.4 Å². The molecule has 31 heavy (non-hydrogen) atoms. The highest BCUT2D eigenvalue weighted by molar-refractivity contribution is 6.32. The van der Waals surface area contributed by atoms with Crippen molar-refractivity contribution in [1.82, 2.24) is 0 Å². The van der Waals surface area contributed by atoms with Gasteiger partial charge in [0.15, 0.2) is 0 Å². The van der Waals surface area contributed by atoms with Gasteiger partial charge >= 0.3 is 5.97 Å². The normalized spacial score (nSPS) is 14.6. The molecule has 0 unspecified atom stereocenters. The number of ether oxygens (including phenoxy) is 1. The third-order valence-electron chi connectivity index (χ3n) is 4.86. The number of hydrazone groups is 1. The van der Waals surface area contributed by atoms with Crippen LogP contribution in [0.3, 0.4) is 0 Å². The quantitative estimate of drug-likeness (QED) is 0.592. The maximum Gasteiger partial charge on any atom is 0.335 e. The lowest BCUT2D eigenvalue weighted by Crippen LogP contribution is -2.21. The molecule has 0 atom stereocenters. The zero-order valence-corrected chi connectivity index (χ0v) is 16.9. The van der Waals surface area contributed by atoms with Crippen LogP contribution in [0.1, 0.15) is 28.4 Å². The Balaban J connectivity index is 1.46. The molecule has 0 spiro atoms. The molecule has 0 radical (unpaired) electrons. The van der Waals surface area contributed by atoms with E-state index in [1.165, 1.54) is 17.1 Å². The molecule has 1 heterocycles. The Labute approximate surface area is 179 Å². The summed E-state index contributed by atoms with van der Waals surface area (Å²) in [5.41, 5.74) is 3.70. The number of aromatic carboxylic acids is 1. The highest BCUT2D eigenvalue weighted by Gasteiger charge is 2.28. The molecule has 0 saturated heterocycles. The van der Waals surface area contributed by atoms with Crippen LogP contribution >= 0.6 is 0 Å². The number of amides is 1. The summed E-state index contributed by atoms with van der Waals surface area (Å²) in [4.78, 5) is 23.9. The molecule has 0 aromatic heterocycles. The maximum absolute atomic E-state index is 12.9. The van der Waals surface area contributed by atoms with Gasteiger partial charge < -0.3 is 9.84 Å². The van der Waals surface area contributed by atoms with Crippen molar-refractivity contribution in [3.05, 3.63) is 101 Å². The lowest BCUT2D eigenvalue weighted by Gasteiger charge is -2.11. The van der Waals surface area contributed by atoms with E-state index in [1.54, 1.807) is 25.1 Å². The summed E-state index contributed by atoms with van der Waals surface area (Å²) in [6, 6.07) is 23.5. The molecule has 154 valence electrons. The van der Waals surface area contributed by atoms with Gasteiger partial charge in [0.1, 0.15) is 12.4 Å². The Hall–Kier alpha value is -4.19. The van der Waals surface area contributed by atoms with E-state index >= 15 is 0 Å². The lowest BCUT2D eigenvalue weighted by molar-refractivity contribution is -0.114. The van der Waals surface area contributed by atoms with Crippen molar-refractivity contribution in [3.63, 3.8) is 0 Å². The fourth-order valence-corrected chi connectivity index (χ4v) is 3.17. The third kappa shape index (κ3) is 4.53. The minimum atomic E-state index is -1.02. The van der Waals surface area contributed by atoms with Crippen molar-refractivity contribution >= 4 is 29.4 Å². The van der Waals surface area contributed by atoms with Gasteiger partial charge in [0.25, 0.3) is 5.91 Å². The number of carboxylic acid groups (broad SMARTS) is 1. The van der Waals surface area contributed by atoms with Gasteiger partial charge in [-0.05, 0) is 60.5 Å². The first-order valence-corrected chi connectivity index (χ1v) is 9.73. The van der Waals surface area contributed by atoms with E-state index in [9.17, 15) is 9.59 Å². The Morgan fingerprint density at radius 1 is 1.00 bits per heavy atom. The zero-order valence-electron chi connectivity index (χ0n) is 16.9. The smallest absolute Gasteiger partial charge is 0.335 e. The molecule has 3 aromatic rings. The number of benzene rings is 3. The van der Waals surface area contributed by atoms with E-state index in [-0.39, 0.29) is 11.5 Å². The number of rotatable bonds is 6. The molecule has 1 amide bonds. The number of hydrogen-bond acceptors (Lipinski definition) is 4. The first kappa shape index (κ1) is 20.1. The van der Waals surface area contributed by atoms with E-state index in [2.05, 4.69) is 5.10 Å². The van der Waals surface area contributed by atoms with Gasteiger partial charge in [-0.3, -0.25) is 4.79 Å². The van der Waals surface area contributed by atoms with Crippen molar-refractivity contribution in [2.24, 2.45) is 5.10 Å². The number of carbonyl (C=O) groups is 2. The van der Waals surface area contributed by atoms with E-state index in [4.69, 9.17) is 9.84 Å². The van der Waals surface area contributed by atoms with Crippen LogP contribution in [-0.4, -0.2) is 22.7 Å². The number of carbonyl (C=O) groups excluding carboxylic acids is 1. The van der Waals surface area contributed by atoms with E-state index in [1.807, 2.05) is 54.6 Å². The van der Waals surface area contributed by atoms with Crippen LogP contribution in [0, 0.1) is 0 Å². The first-order valence-electron chi connectivity index (χ1n) is 9.73. The molecular formula is C25H20N2O4. The van der Waals surface area contributed by atoms with Crippen molar-refractivity contribution in [1.29, 1.82) is 0 Å². The molecule has 0 fully saturated rings. The molecule has 6 heteroatoms. The van der Waals surface area contributed by atoms with E-state index in [0.717, 1.165) is 16.9 Å². The molecule has 1 aliphatic rings. The van der Waals surface area contributed by atoms with Crippen LogP contribution in [0.2, 0.25) is 0 Å². The highest BCUT2D eigenvalue weighted by atomic mass is 16.5. The number of carboxylic acids is 1. The minimum Gasteiger partial charge on any atom is -0.489 e. The molecular weight excluding hydrogens is 392 g/mol. The molecule has 1 aliphatic heterocycles. The summed E-state index contributed by atoms with van der Waals surface area (Å²) < 4.78 is 5.80. The second-order valence-corrected chi connectivity index (χ2v) is 7.06. The standard InChI is InChI=1S/C25H20N2O4/c1-17-23(24(28)27(26-17)21-11-9-20(10-12-21)25(29)30)15-18-7-13-22(14-8-18)31-16-19-5-3-2-4-6-19/h2-15H,16H2,1H3,(H,29,30)/b23-15+. The van der Waals surface area contributed by atoms with E-state index in [0.29, 0.717) is 23.6 Å². The van der Waals surface area contributed by atoms with Crippen LogP contribution in [0.25, 0.3) is 6.08 Å². The molecule has 0 saturated carbocycles. The first-order chi connectivity index (χ1) is 15.0. The Kier molecular flexibility index (Phi) is 5.62. The molecule has 4 rings (SSSR count). The molecule has 6 nitrogen and oxygen atoms in total. The Bertz CT molecular complexity index is 1160. The fourth-order valence-electron chi connectivity index (χ4n) is 3.17. The van der Waals surface area contributed by atoms with Crippen molar-refractivity contribution < 1.29 is 19.4 Å². The molecule has 1 N–H and O–H groups in total. The van der Waals surface area contributed by atoms with Gasteiger partial charge in [-0.1, -0.05) is 42.5 Å². The van der Waals surface area contributed by atoms with Gasteiger partial charge in [0, 0.05) is 0 Å². The van der Waals surface area contributed by atoms with Crippen LogP contribution in [0.5, 0.6) is 5.75 Å². The number of nitrogens with zero attached hydrogens (tertiary/aromatic N) is 2. The second kappa shape index (κ2) is 8.67. The summed E-state index contributed by atoms with van der Waals surface area (Å²) in [6.07, 6.45) is 1.79. The second-order valence-electron chi connectivity index (χ2n) is 7.06. The van der Waals surface area contributed by atoms with Crippen molar-refractivity contribution in [2.75, 3.05) is 5.01 Å². The van der Waals surface area contributed by atoms with Crippen LogP contribution < -0.4 is 9.75 Å².